The maximum absolute atomic E-state index is 11.8. The van der Waals surface area contributed by atoms with Gasteiger partial charge in [-0.1, -0.05) is 79.6 Å². The minimum Gasteiger partial charge on any atom is -0.359 e. The number of piperidine rings is 1. The van der Waals surface area contributed by atoms with Gasteiger partial charge in [0, 0.05) is 72.0 Å². The molecule has 1 unspecified atom stereocenters. The molecule has 0 bridgehead atoms. The van der Waals surface area contributed by atoms with Crippen molar-refractivity contribution >= 4 is 39.5 Å². The second-order valence-corrected chi connectivity index (χ2v) is 14.6. The molecule has 1 N–H and O–H groups in total. The average molecular weight is 715 g/mol. The summed E-state index contributed by atoms with van der Waals surface area (Å²) in [5, 5.41) is 3.94. The van der Waals surface area contributed by atoms with Crippen molar-refractivity contribution in [3.8, 4) is 23.7 Å². The third-order valence-electron chi connectivity index (χ3n) is 10.1. The first-order chi connectivity index (χ1) is 25.6. The molecular weight excluding hydrogens is 673 g/mol. The molecule has 5 heterocycles. The van der Waals surface area contributed by atoms with Crippen molar-refractivity contribution in [1.29, 1.82) is 0 Å². The summed E-state index contributed by atoms with van der Waals surface area (Å²) in [6.45, 7) is 20.2. The number of aliphatic imine (C=N–C) groups is 2. The molecule has 2 aromatic carbocycles. The molecule has 7 nitrogen and oxygen atoms in total. The quantitative estimate of drug-likeness (QED) is 0.132. The SMILES string of the molecule is C=C1NC(=O)CCC1N1Cc2c(C#CCCc3ccc(C#Cc4sc5c(c4C)C(c4ccc(C)cc4)=NCC(=C)N5C(C)=NC)nc3)cccc2C1=C. The number of nitrogens with one attached hydrogen (secondary N) is 1. The largest absolute Gasteiger partial charge is 0.359 e. The molecule has 53 heavy (non-hydrogen) atoms. The molecule has 2 aromatic heterocycles. The summed E-state index contributed by atoms with van der Waals surface area (Å²) >= 11 is 1.64. The number of amidine groups is 1. The summed E-state index contributed by atoms with van der Waals surface area (Å²) in [6.07, 6.45) is 4.62. The van der Waals surface area contributed by atoms with Gasteiger partial charge in [-0.25, -0.2) is 4.98 Å². The zero-order valence-electron chi connectivity index (χ0n) is 30.8. The Morgan fingerprint density at radius 1 is 1.06 bits per heavy atom. The number of amides is 1. The number of rotatable bonds is 4. The molecule has 8 heteroatoms. The third kappa shape index (κ3) is 7.11. The van der Waals surface area contributed by atoms with Gasteiger partial charge >= 0.3 is 0 Å². The van der Waals surface area contributed by atoms with Crippen LogP contribution >= 0.6 is 11.3 Å². The van der Waals surface area contributed by atoms with E-state index in [4.69, 9.17) is 4.99 Å². The Morgan fingerprint density at radius 2 is 1.87 bits per heavy atom. The zero-order chi connectivity index (χ0) is 37.2. The highest BCUT2D eigenvalue weighted by Gasteiger charge is 2.34. The Kier molecular flexibility index (Phi) is 10.00. The Balaban J connectivity index is 1.05. The summed E-state index contributed by atoms with van der Waals surface area (Å²) < 4.78 is 0. The Hall–Kier alpha value is -5.96. The Morgan fingerprint density at radius 3 is 2.60 bits per heavy atom. The van der Waals surface area contributed by atoms with Gasteiger partial charge in [0.15, 0.2) is 0 Å². The van der Waals surface area contributed by atoms with Gasteiger partial charge in [-0.15, -0.1) is 11.3 Å². The van der Waals surface area contributed by atoms with Crippen LogP contribution in [0.3, 0.4) is 0 Å². The molecule has 264 valence electrons. The van der Waals surface area contributed by atoms with Crippen molar-refractivity contribution in [2.24, 2.45) is 9.98 Å². The first-order valence-corrected chi connectivity index (χ1v) is 18.6. The summed E-state index contributed by atoms with van der Waals surface area (Å²) in [5.74, 6) is 14.4. The molecule has 4 aromatic rings. The maximum atomic E-state index is 11.8. The molecule has 3 aliphatic heterocycles. The standard InChI is InChI=1S/C45H42N6OS/c1-28-15-18-36(19-16-28)44-43-30(3)41(53-45(43)51(33(6)46-7)29(2)25-48-44)23-21-37-20-17-34(26-47-37)11-8-9-12-35-13-10-14-38-32(5)50(27-39(35)38)40-22-24-42(52)49-31(40)4/h10,13-20,26,40H,2,4-5,8,11,22,24-25,27H2,1,3,6-7H3,(H,49,52). The lowest BCUT2D eigenvalue weighted by molar-refractivity contribution is -0.121. The zero-order valence-corrected chi connectivity index (χ0v) is 31.6. The average Bonchev–Trinajstić information content (AvgIpc) is 3.61. The molecule has 1 amide bonds. The molecule has 0 radical (unpaired) electrons. The lowest BCUT2D eigenvalue weighted by Crippen LogP contribution is -2.43. The minimum atomic E-state index is 0.0285. The fourth-order valence-corrected chi connectivity index (χ4v) is 8.30. The van der Waals surface area contributed by atoms with Crippen LogP contribution in [0.1, 0.15) is 81.3 Å². The number of anilines is 1. The summed E-state index contributed by atoms with van der Waals surface area (Å²) in [4.78, 5) is 31.4. The maximum Gasteiger partial charge on any atom is 0.224 e. The highest BCUT2D eigenvalue weighted by atomic mass is 32.1. The van der Waals surface area contributed by atoms with Gasteiger partial charge in [-0.2, -0.15) is 0 Å². The van der Waals surface area contributed by atoms with Gasteiger partial charge < -0.3 is 10.2 Å². The van der Waals surface area contributed by atoms with Crippen LogP contribution in [0, 0.1) is 37.5 Å². The van der Waals surface area contributed by atoms with Crippen LogP contribution < -0.4 is 10.2 Å². The van der Waals surface area contributed by atoms with E-state index in [2.05, 4.69) is 125 Å². The summed E-state index contributed by atoms with van der Waals surface area (Å²) in [5.41, 5.74) is 13.1. The van der Waals surface area contributed by atoms with Crippen LogP contribution in [0.5, 0.6) is 0 Å². The van der Waals surface area contributed by atoms with Crippen molar-refractivity contribution in [1.82, 2.24) is 15.2 Å². The lowest BCUT2D eigenvalue weighted by Gasteiger charge is -2.34. The number of carbonyl (C=O) groups excluding carboxylic acids is 1. The van der Waals surface area contributed by atoms with Crippen LogP contribution in [0.4, 0.5) is 5.00 Å². The molecule has 0 spiro atoms. The molecule has 7 rings (SSSR count). The van der Waals surface area contributed by atoms with Gasteiger partial charge in [0.05, 0.1) is 23.2 Å². The van der Waals surface area contributed by atoms with E-state index < -0.39 is 0 Å². The Labute approximate surface area is 316 Å². The number of pyridine rings is 1. The van der Waals surface area contributed by atoms with Crippen LogP contribution in [-0.4, -0.2) is 47.0 Å². The van der Waals surface area contributed by atoms with E-state index in [0.29, 0.717) is 31.6 Å². The van der Waals surface area contributed by atoms with Crippen molar-refractivity contribution in [3.63, 3.8) is 0 Å². The lowest BCUT2D eigenvalue weighted by atomic mass is 9.99. The number of aromatic nitrogens is 1. The van der Waals surface area contributed by atoms with Crippen LogP contribution in [-0.2, 0) is 17.8 Å². The third-order valence-corrected chi connectivity index (χ3v) is 11.2. The molecule has 1 fully saturated rings. The van der Waals surface area contributed by atoms with Crippen molar-refractivity contribution in [2.75, 3.05) is 18.5 Å². The van der Waals surface area contributed by atoms with E-state index in [1.54, 1.807) is 18.4 Å². The first-order valence-electron chi connectivity index (χ1n) is 17.8. The van der Waals surface area contributed by atoms with Gasteiger partial charge in [0.2, 0.25) is 5.91 Å². The smallest absolute Gasteiger partial charge is 0.224 e. The van der Waals surface area contributed by atoms with Crippen molar-refractivity contribution < 1.29 is 4.79 Å². The highest BCUT2D eigenvalue weighted by molar-refractivity contribution is 7.17. The Bertz CT molecular complexity index is 2360. The molecule has 0 saturated carbocycles. The second-order valence-electron chi connectivity index (χ2n) is 13.6. The van der Waals surface area contributed by atoms with Gasteiger partial charge in [-0.05, 0) is 74.3 Å². The number of hydrogen-bond acceptors (Lipinski definition) is 6. The predicted octanol–water partition coefficient (Wildman–Crippen LogP) is 7.94. The van der Waals surface area contributed by atoms with Crippen LogP contribution in [0.2, 0.25) is 0 Å². The summed E-state index contributed by atoms with van der Waals surface area (Å²) in [7, 11) is 1.80. The number of carbonyl (C=O) groups is 1. The van der Waals surface area contributed by atoms with Crippen molar-refractivity contribution in [2.45, 2.75) is 59.0 Å². The van der Waals surface area contributed by atoms with E-state index in [-0.39, 0.29) is 11.9 Å². The number of thiophene rings is 1. The number of fused-ring (bicyclic) bond motifs is 2. The monoisotopic (exact) mass is 714 g/mol. The number of hydrogen-bond donors (Lipinski definition) is 1. The van der Waals surface area contributed by atoms with Gasteiger partial charge in [0.25, 0.3) is 0 Å². The van der Waals surface area contributed by atoms with Gasteiger partial charge in [-0.3, -0.25) is 19.7 Å². The molecule has 0 aliphatic carbocycles. The normalized spacial score (nSPS) is 16.9. The van der Waals surface area contributed by atoms with Crippen LogP contribution in [0.15, 0.2) is 102 Å². The topological polar surface area (TPSA) is 73.2 Å². The number of aryl methyl sites for hydroxylation is 2. The molecular formula is C45H42N6OS. The fourth-order valence-electron chi connectivity index (χ4n) is 7.05. The van der Waals surface area contributed by atoms with Crippen LogP contribution in [0.25, 0.3) is 5.70 Å². The fraction of sp³-hybridized carbons (Fsp3) is 0.244. The van der Waals surface area contributed by atoms with E-state index in [9.17, 15) is 4.79 Å². The van der Waals surface area contributed by atoms with E-state index in [1.165, 1.54) is 11.1 Å². The van der Waals surface area contributed by atoms with E-state index in [1.807, 2.05) is 25.3 Å². The molecule has 3 aliphatic rings. The number of benzene rings is 2. The van der Waals surface area contributed by atoms with E-state index in [0.717, 1.165) is 84.7 Å². The predicted molar refractivity (Wildman–Crippen MR) is 218 cm³/mol. The van der Waals surface area contributed by atoms with Crippen molar-refractivity contribution in [3.05, 3.63) is 147 Å². The highest BCUT2D eigenvalue weighted by Crippen LogP contribution is 2.41. The summed E-state index contributed by atoms with van der Waals surface area (Å²) in [6, 6.07) is 18.8. The first kappa shape index (κ1) is 35.4. The van der Waals surface area contributed by atoms with Gasteiger partial charge in [0.1, 0.15) is 16.5 Å². The number of nitrogens with zero attached hydrogens (tertiary/aromatic N) is 5. The molecule has 1 saturated heterocycles. The molecule has 1 atom stereocenters. The minimum absolute atomic E-state index is 0.0285. The van der Waals surface area contributed by atoms with E-state index >= 15 is 0 Å². The second kappa shape index (κ2) is 14.9.